The zero-order valence-electron chi connectivity index (χ0n) is 10.2. The molecule has 0 aromatic rings. The lowest BCUT2D eigenvalue weighted by Crippen LogP contribution is -2.44. The van der Waals surface area contributed by atoms with Gasteiger partial charge in [0.05, 0.1) is 0 Å². The first-order chi connectivity index (χ1) is 7.50. The molecule has 1 amide bonds. The second-order valence-corrected chi connectivity index (χ2v) is 5.51. The maximum absolute atomic E-state index is 11.6. The van der Waals surface area contributed by atoms with Crippen LogP contribution in [0, 0.1) is 5.41 Å². The van der Waals surface area contributed by atoms with E-state index in [4.69, 9.17) is 0 Å². The molecular weight excluding hydrogens is 204 g/mol. The van der Waals surface area contributed by atoms with Gasteiger partial charge in [-0.15, -0.1) is 0 Å². The van der Waals surface area contributed by atoms with Crippen molar-refractivity contribution in [2.75, 3.05) is 33.2 Å². The van der Waals surface area contributed by atoms with Gasteiger partial charge >= 0.3 is 0 Å². The Morgan fingerprint density at radius 1 is 1.19 bits per heavy atom. The summed E-state index contributed by atoms with van der Waals surface area (Å²) in [6.45, 7) is 5.80. The highest BCUT2D eigenvalue weighted by atomic mass is 16.2. The van der Waals surface area contributed by atoms with Crippen molar-refractivity contribution in [1.82, 2.24) is 9.80 Å². The van der Waals surface area contributed by atoms with E-state index in [0.717, 1.165) is 32.5 Å². The van der Waals surface area contributed by atoms with Crippen molar-refractivity contribution >= 4 is 11.7 Å². The number of carbonyl (C=O) groups is 2. The molecule has 2 rings (SSSR count). The molecule has 2 aliphatic heterocycles. The number of piperidine rings is 1. The molecule has 4 heteroatoms. The van der Waals surface area contributed by atoms with Gasteiger partial charge in [-0.05, 0) is 38.4 Å². The van der Waals surface area contributed by atoms with Crippen LogP contribution in [0.3, 0.4) is 0 Å². The van der Waals surface area contributed by atoms with Gasteiger partial charge in [-0.1, -0.05) is 6.92 Å². The van der Waals surface area contributed by atoms with Crippen LogP contribution in [-0.4, -0.2) is 54.7 Å². The summed E-state index contributed by atoms with van der Waals surface area (Å²) < 4.78 is 0. The summed E-state index contributed by atoms with van der Waals surface area (Å²) in [4.78, 5) is 26.8. The van der Waals surface area contributed by atoms with E-state index in [0.29, 0.717) is 13.0 Å². The number of carbonyl (C=O) groups excluding carboxylic acids is 2. The zero-order chi connectivity index (χ0) is 11.8. The Morgan fingerprint density at radius 2 is 1.81 bits per heavy atom. The quantitative estimate of drug-likeness (QED) is 0.642. The van der Waals surface area contributed by atoms with Gasteiger partial charge in [0.25, 0.3) is 5.91 Å². The predicted octanol–water partition coefficient (Wildman–Crippen LogP) is 0.520. The van der Waals surface area contributed by atoms with Crippen molar-refractivity contribution in [2.24, 2.45) is 5.41 Å². The Labute approximate surface area is 96.6 Å². The standard InChI is InChI=1S/C12H20N2O2/c1-12(4-7-13(2)8-5-12)9-14-6-3-10(15)11(14)16/h3-9H2,1-2H3. The summed E-state index contributed by atoms with van der Waals surface area (Å²) in [5.74, 6) is -0.475. The molecule has 0 spiro atoms. The minimum Gasteiger partial charge on any atom is -0.335 e. The topological polar surface area (TPSA) is 40.6 Å². The number of amides is 1. The van der Waals surface area contributed by atoms with Crippen molar-refractivity contribution in [3.63, 3.8) is 0 Å². The van der Waals surface area contributed by atoms with Gasteiger partial charge in [-0.3, -0.25) is 9.59 Å². The van der Waals surface area contributed by atoms with Crippen molar-refractivity contribution < 1.29 is 9.59 Å². The van der Waals surface area contributed by atoms with E-state index in [1.54, 1.807) is 4.90 Å². The molecular formula is C12H20N2O2. The second-order valence-electron chi connectivity index (χ2n) is 5.51. The Bertz CT molecular complexity index is 306. The molecule has 4 nitrogen and oxygen atoms in total. The number of ketones is 1. The van der Waals surface area contributed by atoms with Crippen molar-refractivity contribution in [3.05, 3.63) is 0 Å². The van der Waals surface area contributed by atoms with E-state index in [1.165, 1.54) is 0 Å². The Morgan fingerprint density at radius 3 is 2.31 bits per heavy atom. The Balaban J connectivity index is 1.94. The average molecular weight is 224 g/mol. The van der Waals surface area contributed by atoms with Crippen LogP contribution in [0.5, 0.6) is 0 Å². The second kappa shape index (κ2) is 4.17. The summed E-state index contributed by atoms with van der Waals surface area (Å²) >= 11 is 0. The summed E-state index contributed by atoms with van der Waals surface area (Å²) in [7, 11) is 2.13. The van der Waals surface area contributed by atoms with Gasteiger partial charge < -0.3 is 9.80 Å². The fraction of sp³-hybridized carbons (Fsp3) is 0.833. The van der Waals surface area contributed by atoms with E-state index in [1.807, 2.05) is 0 Å². The highest BCUT2D eigenvalue weighted by Gasteiger charge is 2.36. The Hall–Kier alpha value is -0.900. The normalized spacial score (nSPS) is 26.5. The van der Waals surface area contributed by atoms with Gasteiger partial charge in [0.2, 0.25) is 5.78 Å². The van der Waals surface area contributed by atoms with E-state index < -0.39 is 0 Å². The van der Waals surface area contributed by atoms with Gasteiger partial charge in [-0.2, -0.15) is 0 Å². The minimum absolute atomic E-state index is 0.201. The van der Waals surface area contributed by atoms with Crippen LogP contribution >= 0.6 is 0 Å². The van der Waals surface area contributed by atoms with E-state index in [9.17, 15) is 9.59 Å². The lowest BCUT2D eigenvalue weighted by atomic mass is 9.80. The first kappa shape index (κ1) is 11.6. The first-order valence-electron chi connectivity index (χ1n) is 6.01. The number of Topliss-reactive ketones (excluding diaryl/α,β-unsaturated/α-hetero) is 1. The van der Waals surface area contributed by atoms with Crippen LogP contribution in [0.4, 0.5) is 0 Å². The van der Waals surface area contributed by atoms with Crippen LogP contribution in [0.15, 0.2) is 0 Å². The van der Waals surface area contributed by atoms with Crippen LogP contribution < -0.4 is 0 Å². The number of nitrogens with zero attached hydrogens (tertiary/aromatic N) is 2. The molecule has 0 saturated carbocycles. The number of hydrogen-bond acceptors (Lipinski definition) is 3. The molecule has 0 atom stereocenters. The van der Waals surface area contributed by atoms with E-state index in [2.05, 4.69) is 18.9 Å². The third-order valence-electron chi connectivity index (χ3n) is 3.90. The summed E-state index contributed by atoms with van der Waals surface area (Å²) in [6, 6.07) is 0. The van der Waals surface area contributed by atoms with Crippen LogP contribution in [0.25, 0.3) is 0 Å². The molecule has 0 aliphatic carbocycles. The molecule has 0 N–H and O–H groups in total. The lowest BCUT2D eigenvalue weighted by Gasteiger charge is -2.40. The highest BCUT2D eigenvalue weighted by Crippen LogP contribution is 2.32. The molecule has 2 heterocycles. The molecule has 0 bridgehead atoms. The maximum atomic E-state index is 11.6. The number of hydrogen-bond donors (Lipinski definition) is 0. The summed E-state index contributed by atoms with van der Waals surface area (Å²) in [5, 5.41) is 0. The van der Waals surface area contributed by atoms with Gasteiger partial charge in [0, 0.05) is 19.5 Å². The molecule has 90 valence electrons. The molecule has 2 saturated heterocycles. The molecule has 2 aliphatic rings. The molecule has 0 aromatic heterocycles. The highest BCUT2D eigenvalue weighted by molar-refractivity contribution is 6.37. The number of likely N-dealkylation sites (tertiary alicyclic amines) is 2. The predicted molar refractivity (Wildman–Crippen MR) is 61.0 cm³/mol. The fourth-order valence-corrected chi connectivity index (χ4v) is 2.55. The Kier molecular flexibility index (Phi) is 3.02. The van der Waals surface area contributed by atoms with Gasteiger partial charge in [0.1, 0.15) is 0 Å². The molecule has 0 unspecified atom stereocenters. The molecule has 0 aromatic carbocycles. The monoisotopic (exact) mass is 224 g/mol. The van der Waals surface area contributed by atoms with Crippen molar-refractivity contribution in [2.45, 2.75) is 26.2 Å². The van der Waals surface area contributed by atoms with Gasteiger partial charge in [-0.25, -0.2) is 0 Å². The smallest absolute Gasteiger partial charge is 0.290 e. The first-order valence-corrected chi connectivity index (χ1v) is 6.01. The number of rotatable bonds is 2. The largest absolute Gasteiger partial charge is 0.335 e. The van der Waals surface area contributed by atoms with Gasteiger partial charge in [0.15, 0.2) is 0 Å². The minimum atomic E-state index is -0.264. The SMILES string of the molecule is CN1CCC(C)(CN2CCC(=O)C2=O)CC1. The average Bonchev–Trinajstić information content (AvgIpc) is 2.55. The molecule has 2 fully saturated rings. The van der Waals surface area contributed by atoms with Crippen LogP contribution in [0.2, 0.25) is 0 Å². The maximum Gasteiger partial charge on any atom is 0.290 e. The third kappa shape index (κ3) is 2.26. The molecule has 16 heavy (non-hydrogen) atoms. The molecule has 0 radical (unpaired) electrons. The van der Waals surface area contributed by atoms with E-state index in [-0.39, 0.29) is 17.1 Å². The van der Waals surface area contributed by atoms with Crippen molar-refractivity contribution in [1.29, 1.82) is 0 Å². The summed E-state index contributed by atoms with van der Waals surface area (Å²) in [5.41, 5.74) is 0.201. The van der Waals surface area contributed by atoms with E-state index >= 15 is 0 Å². The fourth-order valence-electron chi connectivity index (χ4n) is 2.55. The third-order valence-corrected chi connectivity index (χ3v) is 3.90. The lowest BCUT2D eigenvalue weighted by molar-refractivity contribution is -0.140. The van der Waals surface area contributed by atoms with Crippen LogP contribution in [-0.2, 0) is 9.59 Å². The zero-order valence-corrected chi connectivity index (χ0v) is 10.2. The summed E-state index contributed by atoms with van der Waals surface area (Å²) in [6.07, 6.45) is 2.64. The van der Waals surface area contributed by atoms with Crippen molar-refractivity contribution in [3.8, 4) is 0 Å². The van der Waals surface area contributed by atoms with Crippen LogP contribution in [0.1, 0.15) is 26.2 Å².